The Morgan fingerprint density at radius 2 is 1.86 bits per heavy atom. The highest BCUT2D eigenvalue weighted by molar-refractivity contribution is 7.99. The van der Waals surface area contributed by atoms with Gasteiger partial charge in [0.15, 0.2) is 0 Å². The summed E-state index contributed by atoms with van der Waals surface area (Å²) in [6.07, 6.45) is -0.188. The van der Waals surface area contributed by atoms with Gasteiger partial charge in [-0.05, 0) is 5.56 Å². The summed E-state index contributed by atoms with van der Waals surface area (Å²) in [5, 5.41) is 29.7. The first kappa shape index (κ1) is 17.5. The topological polar surface area (TPSA) is 79.2 Å². The third-order valence-corrected chi connectivity index (χ3v) is 4.57. The molecule has 0 saturated carbocycles. The number of thioether (sulfide) groups is 1. The lowest BCUT2D eigenvalue weighted by atomic mass is 10.0. The van der Waals surface area contributed by atoms with Crippen LogP contribution in [0.4, 0.5) is 0 Å². The molecule has 1 heterocycles. The van der Waals surface area contributed by atoms with E-state index in [9.17, 15) is 15.3 Å². The largest absolute Gasteiger partial charge is 0.387 e. The summed E-state index contributed by atoms with van der Waals surface area (Å²) in [5.74, 6) is 0.624. The van der Waals surface area contributed by atoms with Crippen LogP contribution in [0, 0.1) is 0 Å². The summed E-state index contributed by atoms with van der Waals surface area (Å²) in [5.41, 5.74) is 0.500. The molecule has 5 nitrogen and oxygen atoms in total. The minimum absolute atomic E-state index is 0.169. The van der Waals surface area contributed by atoms with Crippen LogP contribution in [0.3, 0.4) is 0 Å². The number of hydrogen-bond donors (Lipinski definition) is 3. The first-order valence-electron chi connectivity index (χ1n) is 7.15. The van der Waals surface area contributed by atoms with E-state index in [2.05, 4.69) is 0 Å². The van der Waals surface area contributed by atoms with E-state index < -0.39 is 29.9 Å². The van der Waals surface area contributed by atoms with Crippen LogP contribution in [0.2, 0.25) is 0 Å². The number of ether oxygens (including phenoxy) is 2. The van der Waals surface area contributed by atoms with E-state index in [1.165, 1.54) is 18.9 Å². The van der Waals surface area contributed by atoms with Gasteiger partial charge < -0.3 is 24.8 Å². The molecule has 1 aromatic carbocycles. The number of aliphatic hydroxyl groups excluding tert-OH is 3. The maximum absolute atomic E-state index is 9.99. The zero-order valence-corrected chi connectivity index (χ0v) is 13.2. The Morgan fingerprint density at radius 3 is 2.55 bits per heavy atom. The highest BCUT2D eigenvalue weighted by atomic mass is 32.2. The quantitative estimate of drug-likeness (QED) is 0.720. The molecule has 1 saturated heterocycles. The zero-order chi connectivity index (χ0) is 15.9. The summed E-state index contributed by atoms with van der Waals surface area (Å²) < 4.78 is 10.6. The van der Waals surface area contributed by atoms with Crippen LogP contribution in [-0.4, -0.2) is 64.6 Å². The first-order chi connectivity index (χ1) is 10.6. The van der Waals surface area contributed by atoms with Crippen LogP contribution in [0.15, 0.2) is 36.4 Å². The van der Waals surface area contributed by atoms with Crippen molar-refractivity contribution in [2.24, 2.45) is 0 Å². The van der Waals surface area contributed by atoms with Crippen LogP contribution in [0.5, 0.6) is 0 Å². The Kier molecular flexibility index (Phi) is 6.88. The molecule has 0 unspecified atom stereocenters. The molecular weight excluding hydrogens is 304 g/mol. The van der Waals surface area contributed by atoms with Crippen molar-refractivity contribution in [3.8, 4) is 0 Å². The molecule has 1 fully saturated rings. The second-order valence-electron chi connectivity index (χ2n) is 5.12. The monoisotopic (exact) mass is 326 g/mol. The van der Waals surface area contributed by atoms with Gasteiger partial charge in [0.2, 0.25) is 0 Å². The molecule has 0 aromatic heterocycles. The van der Waals surface area contributed by atoms with Crippen LogP contribution in [0.1, 0.15) is 5.56 Å². The van der Waals surface area contributed by atoms with E-state index >= 15 is 0 Å². The molecule has 2 rings (SSSR count). The summed E-state index contributed by atoms with van der Waals surface area (Å²) in [7, 11) is 1.50. The minimum atomic E-state index is -1.23. The van der Waals surface area contributed by atoms with Crippen LogP contribution >= 0.6 is 11.8 Å². The van der Waals surface area contributed by atoms with Crippen molar-refractivity contribution >= 4 is 17.8 Å². The van der Waals surface area contributed by atoms with E-state index in [1.54, 1.807) is 0 Å². The van der Waals surface area contributed by atoms with Gasteiger partial charge in [0, 0.05) is 12.9 Å². The summed E-state index contributed by atoms with van der Waals surface area (Å²) in [6.45, 7) is 0.169. The van der Waals surface area contributed by atoms with Gasteiger partial charge in [-0.3, -0.25) is 0 Å². The van der Waals surface area contributed by atoms with Gasteiger partial charge in [-0.2, -0.15) is 0 Å². The maximum Gasteiger partial charge on any atom is 0.132 e. The molecule has 0 bridgehead atoms. The lowest BCUT2D eigenvalue weighted by Gasteiger charge is -2.40. The SMILES string of the molecule is COC[C@H]1O[C@H](SC/C=C/c2ccccc2)[C@@H](O)[C@@H](O)[C@@H]1O. The Hall–Kier alpha value is -0.890. The smallest absolute Gasteiger partial charge is 0.132 e. The number of benzene rings is 1. The third kappa shape index (κ3) is 4.55. The molecule has 0 amide bonds. The van der Waals surface area contributed by atoms with Gasteiger partial charge in [-0.1, -0.05) is 42.5 Å². The van der Waals surface area contributed by atoms with Gasteiger partial charge in [-0.15, -0.1) is 11.8 Å². The lowest BCUT2D eigenvalue weighted by molar-refractivity contribution is -0.207. The lowest BCUT2D eigenvalue weighted by Crippen LogP contribution is -2.57. The maximum atomic E-state index is 9.99. The minimum Gasteiger partial charge on any atom is -0.387 e. The standard InChI is InChI=1S/C16H22O5S/c1-20-10-12-13(17)14(18)15(19)16(21-12)22-9-5-8-11-6-3-2-4-7-11/h2-8,12-19H,9-10H2,1H3/b8-5+/t12-,13-,14+,15+,16-/m1/s1. The third-order valence-electron chi connectivity index (χ3n) is 3.47. The summed E-state index contributed by atoms with van der Waals surface area (Å²) in [6, 6.07) is 9.90. The van der Waals surface area contributed by atoms with Crippen molar-refractivity contribution in [1.29, 1.82) is 0 Å². The second-order valence-corrected chi connectivity index (χ2v) is 6.25. The van der Waals surface area contributed by atoms with Crippen molar-refractivity contribution < 1.29 is 24.8 Å². The summed E-state index contributed by atoms with van der Waals surface area (Å²) in [4.78, 5) is 0. The number of methoxy groups -OCH3 is 1. The zero-order valence-electron chi connectivity index (χ0n) is 12.4. The highest BCUT2D eigenvalue weighted by Crippen LogP contribution is 2.28. The second kappa shape index (κ2) is 8.67. The Labute approximate surface area is 134 Å². The van der Waals surface area contributed by atoms with Crippen molar-refractivity contribution in [1.82, 2.24) is 0 Å². The molecule has 0 spiro atoms. The fraction of sp³-hybridized carbons (Fsp3) is 0.500. The Morgan fingerprint density at radius 1 is 1.14 bits per heavy atom. The molecular formula is C16H22O5S. The Balaban J connectivity index is 1.87. The van der Waals surface area contributed by atoms with Crippen molar-refractivity contribution in [2.75, 3.05) is 19.5 Å². The predicted octanol–water partition coefficient (Wildman–Crippen LogP) is 0.887. The fourth-order valence-electron chi connectivity index (χ4n) is 2.25. The van der Waals surface area contributed by atoms with Gasteiger partial charge >= 0.3 is 0 Å². The molecule has 1 aromatic rings. The van der Waals surface area contributed by atoms with Crippen LogP contribution < -0.4 is 0 Å². The summed E-state index contributed by atoms with van der Waals surface area (Å²) >= 11 is 1.37. The van der Waals surface area contributed by atoms with Crippen molar-refractivity contribution in [3.05, 3.63) is 42.0 Å². The van der Waals surface area contributed by atoms with Gasteiger partial charge in [0.1, 0.15) is 29.9 Å². The normalized spacial score (nSPS) is 32.5. The van der Waals surface area contributed by atoms with E-state index in [4.69, 9.17) is 9.47 Å². The molecule has 0 radical (unpaired) electrons. The van der Waals surface area contributed by atoms with E-state index in [-0.39, 0.29) is 6.61 Å². The first-order valence-corrected chi connectivity index (χ1v) is 8.20. The Bertz CT molecular complexity index is 467. The fourth-order valence-corrected chi connectivity index (χ4v) is 3.23. The number of hydrogen-bond acceptors (Lipinski definition) is 6. The molecule has 1 aliphatic heterocycles. The van der Waals surface area contributed by atoms with Crippen molar-refractivity contribution in [3.63, 3.8) is 0 Å². The van der Waals surface area contributed by atoms with E-state index in [0.29, 0.717) is 5.75 Å². The molecule has 6 heteroatoms. The molecule has 122 valence electrons. The van der Waals surface area contributed by atoms with Crippen LogP contribution in [-0.2, 0) is 9.47 Å². The van der Waals surface area contributed by atoms with Gasteiger partial charge in [0.25, 0.3) is 0 Å². The van der Waals surface area contributed by atoms with Gasteiger partial charge in [0.05, 0.1) is 6.61 Å². The molecule has 5 atom stereocenters. The number of aliphatic hydroxyl groups is 3. The van der Waals surface area contributed by atoms with Gasteiger partial charge in [-0.25, -0.2) is 0 Å². The number of rotatable bonds is 6. The highest BCUT2D eigenvalue weighted by Gasteiger charge is 2.43. The van der Waals surface area contributed by atoms with Crippen molar-refractivity contribution in [2.45, 2.75) is 29.9 Å². The molecule has 0 aliphatic carbocycles. The predicted molar refractivity (Wildman–Crippen MR) is 86.5 cm³/mol. The van der Waals surface area contributed by atoms with Crippen LogP contribution in [0.25, 0.3) is 6.08 Å². The average Bonchev–Trinajstić information content (AvgIpc) is 2.54. The molecule has 22 heavy (non-hydrogen) atoms. The van der Waals surface area contributed by atoms with E-state index in [0.717, 1.165) is 5.56 Å². The molecule has 1 aliphatic rings. The van der Waals surface area contributed by atoms with E-state index in [1.807, 2.05) is 42.5 Å². The molecule has 3 N–H and O–H groups in total. The average molecular weight is 326 g/mol.